The van der Waals surface area contributed by atoms with Crippen LogP contribution in [0.15, 0.2) is 0 Å². The molecule has 0 atom stereocenters. The molecule has 0 heterocycles. The van der Waals surface area contributed by atoms with Crippen LogP contribution in [0.3, 0.4) is 0 Å². The molecule has 18 heavy (non-hydrogen) atoms. The van der Waals surface area contributed by atoms with Gasteiger partial charge in [-0.15, -0.1) is 0 Å². The quantitative estimate of drug-likeness (QED) is 0.359. The first-order valence-electron chi connectivity index (χ1n) is 6.07. The van der Waals surface area contributed by atoms with E-state index in [2.05, 4.69) is 0 Å². The molecular formula is C12H24N6. The van der Waals surface area contributed by atoms with E-state index < -0.39 is 0 Å². The van der Waals surface area contributed by atoms with Crippen molar-refractivity contribution in [2.45, 2.75) is 39.3 Å². The number of nitrogens with two attached hydrogens (primary N) is 6. The Kier molecular flexibility index (Phi) is 5.67. The molecule has 0 aliphatic heterocycles. The van der Waals surface area contributed by atoms with Crippen LogP contribution in [-0.4, -0.2) is 0 Å². The highest BCUT2D eigenvalue weighted by molar-refractivity contribution is 5.52. The minimum Gasteiger partial charge on any atom is -0.326 e. The topological polar surface area (TPSA) is 156 Å². The SMILES string of the molecule is NCc1c(CN)c(CN)c(CN)c(CN)c1CN. The average molecular weight is 252 g/mol. The second-order valence-corrected chi connectivity index (χ2v) is 4.10. The van der Waals surface area contributed by atoms with Crippen LogP contribution >= 0.6 is 0 Å². The maximum absolute atomic E-state index is 5.82. The molecule has 0 amide bonds. The van der Waals surface area contributed by atoms with Crippen molar-refractivity contribution < 1.29 is 0 Å². The Bertz CT molecular complexity index is 295. The van der Waals surface area contributed by atoms with Crippen molar-refractivity contribution in [2.75, 3.05) is 0 Å². The van der Waals surface area contributed by atoms with Gasteiger partial charge in [-0.25, -0.2) is 0 Å². The first-order chi connectivity index (χ1) is 8.69. The third kappa shape index (κ3) is 2.39. The van der Waals surface area contributed by atoms with Crippen LogP contribution in [0.5, 0.6) is 0 Å². The molecule has 0 saturated heterocycles. The summed E-state index contributed by atoms with van der Waals surface area (Å²) in [5.74, 6) is 0. The van der Waals surface area contributed by atoms with Crippen LogP contribution in [0, 0.1) is 0 Å². The molecule has 12 N–H and O–H groups in total. The van der Waals surface area contributed by atoms with E-state index in [9.17, 15) is 0 Å². The van der Waals surface area contributed by atoms with Crippen LogP contribution in [0.25, 0.3) is 0 Å². The number of hydrogen-bond donors (Lipinski definition) is 6. The van der Waals surface area contributed by atoms with Gasteiger partial charge in [0.15, 0.2) is 0 Å². The Morgan fingerprint density at radius 1 is 0.333 bits per heavy atom. The minimum absolute atomic E-state index is 0.379. The summed E-state index contributed by atoms with van der Waals surface area (Å²) in [6.45, 7) is 2.27. The van der Waals surface area contributed by atoms with Gasteiger partial charge in [0.2, 0.25) is 0 Å². The van der Waals surface area contributed by atoms with Crippen LogP contribution < -0.4 is 34.4 Å². The van der Waals surface area contributed by atoms with E-state index in [1.165, 1.54) is 0 Å². The number of hydrogen-bond acceptors (Lipinski definition) is 6. The zero-order valence-corrected chi connectivity index (χ0v) is 10.7. The van der Waals surface area contributed by atoms with E-state index >= 15 is 0 Å². The van der Waals surface area contributed by atoms with Crippen molar-refractivity contribution in [3.05, 3.63) is 33.4 Å². The van der Waals surface area contributed by atoms with Gasteiger partial charge in [-0.3, -0.25) is 0 Å². The highest BCUT2D eigenvalue weighted by atomic mass is 14.6. The summed E-state index contributed by atoms with van der Waals surface area (Å²) >= 11 is 0. The van der Waals surface area contributed by atoms with Gasteiger partial charge in [-0.1, -0.05) is 0 Å². The van der Waals surface area contributed by atoms with Gasteiger partial charge in [0.25, 0.3) is 0 Å². The van der Waals surface area contributed by atoms with Gasteiger partial charge in [0.1, 0.15) is 0 Å². The van der Waals surface area contributed by atoms with Crippen molar-refractivity contribution >= 4 is 0 Å². The van der Waals surface area contributed by atoms with Gasteiger partial charge in [0.05, 0.1) is 0 Å². The third-order valence-electron chi connectivity index (χ3n) is 3.41. The molecule has 102 valence electrons. The average Bonchev–Trinajstić information content (AvgIpc) is 2.43. The monoisotopic (exact) mass is 252 g/mol. The van der Waals surface area contributed by atoms with Crippen molar-refractivity contribution in [1.82, 2.24) is 0 Å². The lowest BCUT2D eigenvalue weighted by Gasteiger charge is -2.23. The summed E-state index contributed by atoms with van der Waals surface area (Å²) < 4.78 is 0. The molecule has 0 fully saturated rings. The van der Waals surface area contributed by atoms with Gasteiger partial charge in [-0.2, -0.15) is 0 Å². The Morgan fingerprint density at radius 2 is 0.444 bits per heavy atom. The fraction of sp³-hybridized carbons (Fsp3) is 0.500. The molecule has 1 aromatic rings. The normalized spacial score (nSPS) is 11.0. The van der Waals surface area contributed by atoms with Gasteiger partial charge < -0.3 is 34.4 Å². The Hall–Kier alpha value is -1.02. The molecule has 1 aromatic carbocycles. The molecule has 1 rings (SSSR count). The van der Waals surface area contributed by atoms with Crippen LogP contribution in [0.4, 0.5) is 0 Å². The molecule has 0 aliphatic carbocycles. The second-order valence-electron chi connectivity index (χ2n) is 4.10. The highest BCUT2D eigenvalue weighted by Crippen LogP contribution is 2.28. The van der Waals surface area contributed by atoms with Crippen molar-refractivity contribution in [1.29, 1.82) is 0 Å². The predicted molar refractivity (Wildman–Crippen MR) is 73.8 cm³/mol. The summed E-state index contributed by atoms with van der Waals surface area (Å²) in [6, 6.07) is 0. The molecule has 6 heteroatoms. The van der Waals surface area contributed by atoms with E-state index in [0.717, 1.165) is 33.4 Å². The molecule has 6 nitrogen and oxygen atoms in total. The highest BCUT2D eigenvalue weighted by Gasteiger charge is 2.19. The second kappa shape index (κ2) is 6.79. The molecule has 0 aliphatic rings. The smallest absolute Gasteiger partial charge is 0.0184 e. The van der Waals surface area contributed by atoms with Crippen LogP contribution in [0.2, 0.25) is 0 Å². The largest absolute Gasteiger partial charge is 0.326 e. The number of rotatable bonds is 6. The molecule has 0 radical (unpaired) electrons. The summed E-state index contributed by atoms with van der Waals surface area (Å²) in [7, 11) is 0. The van der Waals surface area contributed by atoms with Gasteiger partial charge in [0, 0.05) is 39.3 Å². The van der Waals surface area contributed by atoms with Crippen molar-refractivity contribution in [3.8, 4) is 0 Å². The van der Waals surface area contributed by atoms with E-state index in [-0.39, 0.29) is 0 Å². The lowest BCUT2D eigenvalue weighted by atomic mass is 9.86. The van der Waals surface area contributed by atoms with E-state index in [1.54, 1.807) is 0 Å². The summed E-state index contributed by atoms with van der Waals surface area (Å²) in [6.07, 6.45) is 0. The van der Waals surface area contributed by atoms with Crippen molar-refractivity contribution in [2.24, 2.45) is 34.4 Å². The zero-order chi connectivity index (χ0) is 13.7. The predicted octanol–water partition coefficient (Wildman–Crippen LogP) is -1.56. The standard InChI is InChI=1S/C12H24N6/c13-1-7-8(2-14)10(4-16)12(6-18)11(5-17)9(7)3-15/h1-6,13-18H2. The van der Waals surface area contributed by atoms with Crippen LogP contribution in [-0.2, 0) is 39.3 Å². The Morgan fingerprint density at radius 3 is 0.500 bits per heavy atom. The lowest BCUT2D eigenvalue weighted by Crippen LogP contribution is -2.23. The molecule has 0 spiro atoms. The lowest BCUT2D eigenvalue weighted by molar-refractivity contribution is 0.833. The third-order valence-corrected chi connectivity index (χ3v) is 3.41. The Balaban J connectivity index is 3.71. The fourth-order valence-corrected chi connectivity index (χ4v) is 2.57. The first kappa shape index (κ1) is 15.0. The molecule has 0 unspecified atom stereocenters. The zero-order valence-electron chi connectivity index (χ0n) is 10.7. The minimum atomic E-state index is 0.379. The first-order valence-corrected chi connectivity index (χ1v) is 6.07. The summed E-state index contributed by atoms with van der Waals surface area (Å²) in [5.41, 5.74) is 40.7. The van der Waals surface area contributed by atoms with Crippen molar-refractivity contribution in [3.63, 3.8) is 0 Å². The van der Waals surface area contributed by atoms with E-state index in [0.29, 0.717) is 39.3 Å². The summed E-state index contributed by atoms with van der Waals surface area (Å²) in [4.78, 5) is 0. The van der Waals surface area contributed by atoms with E-state index in [1.807, 2.05) is 0 Å². The summed E-state index contributed by atoms with van der Waals surface area (Å²) in [5, 5.41) is 0. The molecule has 0 bridgehead atoms. The molecular weight excluding hydrogens is 228 g/mol. The maximum atomic E-state index is 5.82. The fourth-order valence-electron chi connectivity index (χ4n) is 2.57. The number of benzene rings is 1. The van der Waals surface area contributed by atoms with Gasteiger partial charge in [-0.05, 0) is 33.4 Å². The molecule has 0 aromatic heterocycles. The maximum Gasteiger partial charge on any atom is 0.0184 e. The van der Waals surface area contributed by atoms with E-state index in [4.69, 9.17) is 34.4 Å². The Labute approximate surface area is 108 Å². The van der Waals surface area contributed by atoms with Crippen LogP contribution in [0.1, 0.15) is 33.4 Å². The molecule has 0 saturated carbocycles. The van der Waals surface area contributed by atoms with Gasteiger partial charge >= 0.3 is 0 Å².